The van der Waals surface area contributed by atoms with Crippen LogP contribution >= 0.6 is 0 Å². The van der Waals surface area contributed by atoms with E-state index in [-0.39, 0.29) is 0 Å². The van der Waals surface area contributed by atoms with E-state index >= 15 is 0 Å². The summed E-state index contributed by atoms with van der Waals surface area (Å²) in [5.41, 5.74) is -0.853. The fourth-order valence-electron chi connectivity index (χ4n) is 2.35. The van der Waals surface area contributed by atoms with Crippen molar-refractivity contribution in [1.29, 1.82) is 5.26 Å². The van der Waals surface area contributed by atoms with Crippen molar-refractivity contribution in [1.82, 2.24) is 9.97 Å². The molecule has 118 valence electrons. The predicted octanol–water partition coefficient (Wildman–Crippen LogP) is 2.77. The molecule has 8 heteroatoms. The van der Waals surface area contributed by atoms with Gasteiger partial charge in [-0.2, -0.15) is 18.4 Å². The number of pyridine rings is 2. The minimum absolute atomic E-state index is 0.301. The Bertz CT molecular complexity index is 770. The summed E-state index contributed by atoms with van der Waals surface area (Å²) in [5.74, 6) is 0.803. The summed E-state index contributed by atoms with van der Waals surface area (Å²) in [4.78, 5) is 9.74. The number of rotatable bonds is 1. The Hall–Kier alpha value is -2.82. The lowest BCUT2D eigenvalue weighted by Crippen LogP contribution is -2.26. The fourth-order valence-corrected chi connectivity index (χ4v) is 2.35. The number of alkyl halides is 3. The molecular weight excluding hydrogens is 309 g/mol. The van der Waals surface area contributed by atoms with E-state index in [1.807, 2.05) is 6.07 Å². The number of anilines is 1. The lowest BCUT2D eigenvalue weighted by Gasteiger charge is -2.21. The topological polar surface area (TPSA) is 62.0 Å². The van der Waals surface area contributed by atoms with Gasteiger partial charge < -0.3 is 9.64 Å². The van der Waals surface area contributed by atoms with Gasteiger partial charge in [-0.1, -0.05) is 6.07 Å². The second kappa shape index (κ2) is 5.76. The van der Waals surface area contributed by atoms with Crippen molar-refractivity contribution in [2.24, 2.45) is 0 Å². The second-order valence-electron chi connectivity index (χ2n) is 4.91. The first kappa shape index (κ1) is 15.1. The van der Waals surface area contributed by atoms with Crippen LogP contribution in [0.15, 0.2) is 30.5 Å². The molecule has 0 aromatic carbocycles. The minimum Gasteiger partial charge on any atom is -0.476 e. The highest BCUT2D eigenvalue weighted by Crippen LogP contribution is 2.32. The summed E-state index contributed by atoms with van der Waals surface area (Å²) in [7, 11) is 0. The predicted molar refractivity (Wildman–Crippen MR) is 74.7 cm³/mol. The Morgan fingerprint density at radius 3 is 2.83 bits per heavy atom. The highest BCUT2D eigenvalue weighted by molar-refractivity contribution is 5.47. The van der Waals surface area contributed by atoms with Crippen LogP contribution in [0, 0.1) is 11.3 Å². The maximum atomic E-state index is 12.8. The van der Waals surface area contributed by atoms with Crippen molar-refractivity contribution < 1.29 is 17.9 Å². The van der Waals surface area contributed by atoms with Gasteiger partial charge >= 0.3 is 6.18 Å². The fraction of sp³-hybridized carbons (Fsp3) is 0.267. The summed E-state index contributed by atoms with van der Waals surface area (Å²) >= 11 is 0. The number of ether oxygens (including phenoxy) is 1. The van der Waals surface area contributed by atoms with E-state index in [2.05, 4.69) is 9.97 Å². The van der Waals surface area contributed by atoms with Crippen LogP contribution in [0.4, 0.5) is 19.0 Å². The van der Waals surface area contributed by atoms with Gasteiger partial charge in [0.1, 0.15) is 18.5 Å². The molecule has 0 unspecified atom stereocenters. The van der Waals surface area contributed by atoms with E-state index in [0.29, 0.717) is 31.4 Å². The third-order valence-electron chi connectivity index (χ3n) is 3.43. The summed E-state index contributed by atoms with van der Waals surface area (Å²) in [6, 6.07) is 7.26. The maximum absolute atomic E-state index is 12.8. The van der Waals surface area contributed by atoms with Crippen LogP contribution < -0.4 is 9.64 Å². The largest absolute Gasteiger partial charge is 0.476 e. The van der Waals surface area contributed by atoms with Gasteiger partial charge in [0, 0.05) is 18.3 Å². The molecule has 3 rings (SSSR count). The zero-order chi connectivity index (χ0) is 16.4. The molecule has 2 aromatic rings. The molecule has 0 radical (unpaired) electrons. The molecule has 0 N–H and O–H groups in total. The first-order valence-electron chi connectivity index (χ1n) is 6.79. The van der Waals surface area contributed by atoms with Crippen LogP contribution in [0.25, 0.3) is 0 Å². The molecule has 0 aliphatic carbocycles. The van der Waals surface area contributed by atoms with E-state index in [1.165, 1.54) is 12.1 Å². The summed E-state index contributed by atoms with van der Waals surface area (Å²) in [6.07, 6.45) is -2.99. The first-order chi connectivity index (χ1) is 11.0. The smallest absolute Gasteiger partial charge is 0.419 e. The SMILES string of the molecule is N#Cc1nc(N2CCOc3ncccc3C2)ccc1C(F)(F)F. The van der Waals surface area contributed by atoms with E-state index in [0.717, 1.165) is 11.6 Å². The number of halogens is 3. The Balaban J connectivity index is 1.95. The van der Waals surface area contributed by atoms with Gasteiger partial charge in [-0.25, -0.2) is 9.97 Å². The second-order valence-corrected chi connectivity index (χ2v) is 4.91. The summed E-state index contributed by atoms with van der Waals surface area (Å²) < 4.78 is 44.0. The average Bonchev–Trinajstić information content (AvgIpc) is 2.75. The molecule has 0 bridgehead atoms. The number of nitriles is 1. The number of aromatic nitrogens is 2. The highest BCUT2D eigenvalue weighted by Gasteiger charge is 2.34. The number of hydrogen-bond donors (Lipinski definition) is 0. The molecule has 23 heavy (non-hydrogen) atoms. The monoisotopic (exact) mass is 320 g/mol. The van der Waals surface area contributed by atoms with Crippen LogP contribution in [0.5, 0.6) is 5.88 Å². The molecule has 0 saturated heterocycles. The molecule has 0 spiro atoms. The van der Waals surface area contributed by atoms with E-state index in [4.69, 9.17) is 10.00 Å². The molecule has 1 aliphatic rings. The Labute approximate surface area is 130 Å². The van der Waals surface area contributed by atoms with Crippen molar-refractivity contribution in [3.8, 4) is 11.9 Å². The molecule has 0 atom stereocenters. The van der Waals surface area contributed by atoms with E-state index in [9.17, 15) is 13.2 Å². The van der Waals surface area contributed by atoms with Gasteiger partial charge in [0.2, 0.25) is 5.88 Å². The van der Waals surface area contributed by atoms with Gasteiger partial charge in [0.05, 0.1) is 12.1 Å². The molecule has 0 amide bonds. The maximum Gasteiger partial charge on any atom is 0.419 e. The molecular formula is C15H11F3N4O. The first-order valence-corrected chi connectivity index (χ1v) is 6.79. The summed E-state index contributed by atoms with van der Waals surface area (Å²) in [5, 5.41) is 8.95. The van der Waals surface area contributed by atoms with E-state index in [1.54, 1.807) is 17.2 Å². The van der Waals surface area contributed by atoms with Crippen LogP contribution in [0.3, 0.4) is 0 Å². The lowest BCUT2D eigenvalue weighted by molar-refractivity contribution is -0.138. The van der Waals surface area contributed by atoms with Crippen LogP contribution in [0.1, 0.15) is 16.8 Å². The normalized spacial score (nSPS) is 14.4. The average molecular weight is 320 g/mol. The molecule has 1 aliphatic heterocycles. The Kier molecular flexibility index (Phi) is 3.78. The van der Waals surface area contributed by atoms with Crippen LogP contribution in [-0.2, 0) is 12.7 Å². The van der Waals surface area contributed by atoms with Crippen LogP contribution in [-0.4, -0.2) is 23.1 Å². The zero-order valence-electron chi connectivity index (χ0n) is 11.8. The van der Waals surface area contributed by atoms with Crippen molar-refractivity contribution in [3.05, 3.63) is 47.3 Å². The van der Waals surface area contributed by atoms with Crippen molar-refractivity contribution in [2.75, 3.05) is 18.1 Å². The Morgan fingerprint density at radius 2 is 2.09 bits per heavy atom. The van der Waals surface area contributed by atoms with Gasteiger partial charge in [0.25, 0.3) is 0 Å². The van der Waals surface area contributed by atoms with Crippen molar-refractivity contribution >= 4 is 5.82 Å². The molecule has 0 saturated carbocycles. The van der Waals surface area contributed by atoms with Crippen molar-refractivity contribution in [3.63, 3.8) is 0 Å². The molecule has 0 fully saturated rings. The van der Waals surface area contributed by atoms with Gasteiger partial charge in [-0.3, -0.25) is 0 Å². The number of nitrogens with zero attached hydrogens (tertiary/aromatic N) is 4. The Morgan fingerprint density at radius 1 is 1.26 bits per heavy atom. The van der Waals surface area contributed by atoms with Gasteiger partial charge in [-0.05, 0) is 18.2 Å². The third-order valence-corrected chi connectivity index (χ3v) is 3.43. The summed E-state index contributed by atoms with van der Waals surface area (Å²) in [6.45, 7) is 1.15. The number of hydrogen-bond acceptors (Lipinski definition) is 5. The highest BCUT2D eigenvalue weighted by atomic mass is 19.4. The van der Waals surface area contributed by atoms with E-state index < -0.39 is 17.4 Å². The molecule has 3 heterocycles. The van der Waals surface area contributed by atoms with Crippen LogP contribution in [0.2, 0.25) is 0 Å². The standard InChI is InChI=1S/C15H11F3N4O/c16-15(17,18)11-3-4-13(21-12(11)8-19)22-6-7-23-14-10(9-22)2-1-5-20-14/h1-5H,6-7,9H2. The molecule has 5 nitrogen and oxygen atoms in total. The lowest BCUT2D eigenvalue weighted by atomic mass is 10.2. The number of fused-ring (bicyclic) bond motifs is 1. The van der Waals surface area contributed by atoms with Gasteiger partial charge in [0.15, 0.2) is 5.69 Å². The van der Waals surface area contributed by atoms with Gasteiger partial charge in [-0.15, -0.1) is 0 Å². The zero-order valence-corrected chi connectivity index (χ0v) is 11.8. The quantitative estimate of drug-likeness (QED) is 0.808. The minimum atomic E-state index is -4.60. The third kappa shape index (κ3) is 3.04. The molecule has 2 aromatic heterocycles. The van der Waals surface area contributed by atoms with Crippen molar-refractivity contribution in [2.45, 2.75) is 12.7 Å².